The summed E-state index contributed by atoms with van der Waals surface area (Å²) < 4.78 is 15.7. The Labute approximate surface area is 117 Å². The molecule has 20 heavy (non-hydrogen) atoms. The van der Waals surface area contributed by atoms with Gasteiger partial charge in [-0.3, -0.25) is 0 Å². The molecule has 0 unspecified atom stereocenters. The van der Waals surface area contributed by atoms with Crippen LogP contribution in [0.5, 0.6) is 0 Å². The number of para-hydroxylation sites is 2. The number of nitrogens with zero attached hydrogens (tertiary/aromatic N) is 2. The van der Waals surface area contributed by atoms with E-state index in [2.05, 4.69) is 21.8 Å². The average molecular weight is 269 g/mol. The molecule has 0 saturated heterocycles. The SMILES string of the molecule is CCn1c(NCc2ccccc2F)nc2ccccc21. The molecule has 1 N–H and O–H groups in total. The van der Waals surface area contributed by atoms with E-state index in [1.165, 1.54) is 6.07 Å². The minimum atomic E-state index is -0.195. The molecule has 3 rings (SSSR count). The molecule has 0 saturated carbocycles. The van der Waals surface area contributed by atoms with Gasteiger partial charge >= 0.3 is 0 Å². The number of imidazole rings is 1. The number of anilines is 1. The number of hydrogen-bond acceptors (Lipinski definition) is 2. The molecule has 3 nitrogen and oxygen atoms in total. The van der Waals surface area contributed by atoms with Crippen molar-refractivity contribution in [3.63, 3.8) is 0 Å². The molecule has 0 aliphatic rings. The molecule has 0 radical (unpaired) electrons. The molecule has 0 amide bonds. The summed E-state index contributed by atoms with van der Waals surface area (Å²) in [5.74, 6) is 0.580. The van der Waals surface area contributed by atoms with E-state index in [9.17, 15) is 4.39 Å². The van der Waals surface area contributed by atoms with Crippen LogP contribution in [0.3, 0.4) is 0 Å². The average Bonchev–Trinajstić information content (AvgIpc) is 2.84. The van der Waals surface area contributed by atoms with Crippen LogP contribution in [0.25, 0.3) is 11.0 Å². The first-order valence-electron chi connectivity index (χ1n) is 6.72. The van der Waals surface area contributed by atoms with E-state index in [1.807, 2.05) is 30.3 Å². The maximum atomic E-state index is 13.6. The predicted molar refractivity (Wildman–Crippen MR) is 79.1 cm³/mol. The van der Waals surface area contributed by atoms with E-state index in [4.69, 9.17) is 0 Å². The number of hydrogen-bond donors (Lipinski definition) is 1. The number of nitrogens with one attached hydrogen (secondary N) is 1. The fraction of sp³-hybridized carbons (Fsp3) is 0.188. The van der Waals surface area contributed by atoms with Gasteiger partial charge in [-0.15, -0.1) is 0 Å². The van der Waals surface area contributed by atoms with Gasteiger partial charge in [0.25, 0.3) is 0 Å². The summed E-state index contributed by atoms with van der Waals surface area (Å²) >= 11 is 0. The number of fused-ring (bicyclic) bond motifs is 1. The van der Waals surface area contributed by atoms with E-state index >= 15 is 0 Å². The van der Waals surface area contributed by atoms with Crippen molar-refractivity contribution in [3.05, 3.63) is 59.9 Å². The lowest BCUT2D eigenvalue weighted by Crippen LogP contribution is -2.07. The lowest BCUT2D eigenvalue weighted by Gasteiger charge is -2.09. The topological polar surface area (TPSA) is 29.9 Å². The molecule has 3 aromatic rings. The Kier molecular flexibility index (Phi) is 3.37. The Morgan fingerprint density at radius 2 is 1.85 bits per heavy atom. The van der Waals surface area contributed by atoms with Crippen molar-refractivity contribution in [2.75, 3.05) is 5.32 Å². The van der Waals surface area contributed by atoms with E-state index in [0.717, 1.165) is 23.5 Å². The van der Waals surface area contributed by atoms with E-state index in [1.54, 1.807) is 12.1 Å². The minimum Gasteiger partial charge on any atom is -0.351 e. The number of rotatable bonds is 4. The van der Waals surface area contributed by atoms with Crippen molar-refractivity contribution in [2.24, 2.45) is 0 Å². The second-order valence-electron chi connectivity index (χ2n) is 4.61. The maximum Gasteiger partial charge on any atom is 0.204 e. The van der Waals surface area contributed by atoms with Gasteiger partial charge in [-0.2, -0.15) is 0 Å². The highest BCUT2D eigenvalue weighted by molar-refractivity contribution is 5.78. The highest BCUT2D eigenvalue weighted by Crippen LogP contribution is 2.20. The second-order valence-corrected chi connectivity index (χ2v) is 4.61. The Morgan fingerprint density at radius 3 is 2.65 bits per heavy atom. The van der Waals surface area contributed by atoms with Gasteiger partial charge in [-0.05, 0) is 25.1 Å². The van der Waals surface area contributed by atoms with E-state index in [-0.39, 0.29) is 5.82 Å². The lowest BCUT2D eigenvalue weighted by atomic mass is 10.2. The standard InChI is InChI=1S/C16H16FN3/c1-2-20-15-10-6-5-9-14(15)19-16(20)18-11-12-7-3-4-8-13(12)17/h3-10H,2,11H2,1H3,(H,18,19). The molecule has 0 aliphatic heterocycles. The molecular weight excluding hydrogens is 253 g/mol. The van der Waals surface area contributed by atoms with Crippen LogP contribution in [0, 0.1) is 5.82 Å². The van der Waals surface area contributed by atoms with Gasteiger partial charge in [0.15, 0.2) is 0 Å². The summed E-state index contributed by atoms with van der Waals surface area (Å²) in [7, 11) is 0. The monoisotopic (exact) mass is 269 g/mol. The molecule has 0 spiro atoms. The molecule has 102 valence electrons. The highest BCUT2D eigenvalue weighted by atomic mass is 19.1. The van der Waals surface area contributed by atoms with Crippen LogP contribution < -0.4 is 5.32 Å². The van der Waals surface area contributed by atoms with E-state index < -0.39 is 0 Å². The zero-order valence-corrected chi connectivity index (χ0v) is 11.3. The van der Waals surface area contributed by atoms with Gasteiger partial charge in [0, 0.05) is 18.7 Å². The summed E-state index contributed by atoms with van der Waals surface area (Å²) in [6.45, 7) is 3.32. The van der Waals surface area contributed by atoms with Gasteiger partial charge in [-0.25, -0.2) is 9.37 Å². The Hall–Kier alpha value is -2.36. The van der Waals surface area contributed by atoms with Gasteiger partial charge in [-0.1, -0.05) is 30.3 Å². The first-order chi connectivity index (χ1) is 9.79. The number of halogens is 1. The van der Waals surface area contributed by atoms with Crippen molar-refractivity contribution in [1.29, 1.82) is 0 Å². The third kappa shape index (κ3) is 2.25. The minimum absolute atomic E-state index is 0.195. The fourth-order valence-electron chi connectivity index (χ4n) is 2.35. The van der Waals surface area contributed by atoms with Crippen LogP contribution in [-0.4, -0.2) is 9.55 Å². The molecule has 2 aromatic carbocycles. The maximum absolute atomic E-state index is 13.6. The van der Waals surface area contributed by atoms with Crippen molar-refractivity contribution in [3.8, 4) is 0 Å². The van der Waals surface area contributed by atoms with Crippen molar-refractivity contribution in [1.82, 2.24) is 9.55 Å². The van der Waals surface area contributed by atoms with Gasteiger partial charge < -0.3 is 9.88 Å². The third-order valence-corrected chi connectivity index (χ3v) is 3.37. The Balaban J connectivity index is 1.89. The first-order valence-corrected chi connectivity index (χ1v) is 6.72. The Bertz CT molecular complexity index is 733. The number of aromatic nitrogens is 2. The van der Waals surface area contributed by atoms with Crippen LogP contribution >= 0.6 is 0 Å². The van der Waals surface area contributed by atoms with Crippen LogP contribution in [-0.2, 0) is 13.1 Å². The largest absolute Gasteiger partial charge is 0.351 e. The molecule has 1 heterocycles. The quantitative estimate of drug-likeness (QED) is 0.780. The molecule has 0 fully saturated rings. The second kappa shape index (κ2) is 5.33. The summed E-state index contributed by atoms with van der Waals surface area (Å²) in [5, 5.41) is 3.22. The molecule has 4 heteroatoms. The molecule has 0 bridgehead atoms. The van der Waals surface area contributed by atoms with Crippen molar-refractivity contribution in [2.45, 2.75) is 20.0 Å². The summed E-state index contributed by atoms with van der Waals surface area (Å²) in [4.78, 5) is 4.56. The zero-order chi connectivity index (χ0) is 13.9. The molecular formula is C16H16FN3. The van der Waals surface area contributed by atoms with Crippen LogP contribution in [0.4, 0.5) is 10.3 Å². The van der Waals surface area contributed by atoms with Crippen LogP contribution in [0.2, 0.25) is 0 Å². The Morgan fingerprint density at radius 1 is 1.10 bits per heavy atom. The van der Waals surface area contributed by atoms with Crippen molar-refractivity contribution < 1.29 is 4.39 Å². The van der Waals surface area contributed by atoms with Gasteiger partial charge in [0.1, 0.15) is 5.82 Å². The first kappa shape index (κ1) is 12.7. The van der Waals surface area contributed by atoms with Crippen molar-refractivity contribution >= 4 is 17.0 Å². The smallest absolute Gasteiger partial charge is 0.204 e. The van der Waals surface area contributed by atoms with Crippen LogP contribution in [0.15, 0.2) is 48.5 Å². The number of aryl methyl sites for hydroxylation is 1. The summed E-state index contributed by atoms with van der Waals surface area (Å²) in [5.41, 5.74) is 2.68. The third-order valence-electron chi connectivity index (χ3n) is 3.37. The normalized spacial score (nSPS) is 10.9. The number of benzene rings is 2. The molecule has 0 aliphatic carbocycles. The zero-order valence-electron chi connectivity index (χ0n) is 11.3. The molecule has 0 atom stereocenters. The van der Waals surface area contributed by atoms with E-state index in [0.29, 0.717) is 12.1 Å². The van der Waals surface area contributed by atoms with Gasteiger partial charge in [0.05, 0.1) is 11.0 Å². The fourth-order valence-corrected chi connectivity index (χ4v) is 2.35. The summed E-state index contributed by atoms with van der Waals surface area (Å²) in [6.07, 6.45) is 0. The molecule has 1 aromatic heterocycles. The van der Waals surface area contributed by atoms with Gasteiger partial charge in [0.2, 0.25) is 5.95 Å². The lowest BCUT2D eigenvalue weighted by molar-refractivity contribution is 0.612. The van der Waals surface area contributed by atoms with Crippen LogP contribution in [0.1, 0.15) is 12.5 Å². The highest BCUT2D eigenvalue weighted by Gasteiger charge is 2.09. The predicted octanol–water partition coefficient (Wildman–Crippen LogP) is 3.81. The summed E-state index contributed by atoms with van der Waals surface area (Å²) in [6, 6.07) is 14.8.